The van der Waals surface area contributed by atoms with Crippen LogP contribution in [-0.2, 0) is 0 Å². The summed E-state index contributed by atoms with van der Waals surface area (Å²) in [7, 11) is 0. The number of nitrogens with two attached hydrogens (primary N) is 2. The van der Waals surface area contributed by atoms with E-state index < -0.39 is 5.97 Å². The minimum absolute atomic E-state index is 0.182. The van der Waals surface area contributed by atoms with E-state index in [0.717, 1.165) is 0 Å². The number of halogens is 3. The lowest BCUT2D eigenvalue weighted by molar-refractivity contribution is 0.0694. The number of nitrogen functional groups attached to an aromatic ring is 2. The Hall–Kier alpha value is 0.480. The van der Waals surface area contributed by atoms with Crippen molar-refractivity contribution < 1.29 is 9.90 Å². The van der Waals surface area contributed by atoms with Gasteiger partial charge in [0.05, 0.1) is 27.6 Å². The molecule has 0 amide bonds. The Labute approximate surface area is 121 Å². The third-order valence-corrected chi connectivity index (χ3v) is 5.00. The summed E-state index contributed by atoms with van der Waals surface area (Å²) in [5, 5.41) is 8.96. The Morgan fingerprint density at radius 1 is 1.00 bits per heavy atom. The van der Waals surface area contributed by atoms with Gasteiger partial charge in [0.15, 0.2) is 0 Å². The second-order valence-electron chi connectivity index (χ2n) is 2.45. The number of carbonyl (C=O) groups is 1. The zero-order valence-electron chi connectivity index (χ0n) is 6.64. The Balaban J connectivity index is 3.68. The van der Waals surface area contributed by atoms with E-state index in [1.807, 2.05) is 67.8 Å². The highest BCUT2D eigenvalue weighted by Crippen LogP contribution is 2.35. The monoisotopic (exact) mass is 530 g/mol. The van der Waals surface area contributed by atoms with E-state index in [1.165, 1.54) is 0 Å². The summed E-state index contributed by atoms with van der Waals surface area (Å²) in [5.74, 6) is -1.01. The van der Waals surface area contributed by atoms with Crippen molar-refractivity contribution in [1.29, 1.82) is 0 Å². The molecule has 4 nitrogen and oxygen atoms in total. The van der Waals surface area contributed by atoms with Crippen molar-refractivity contribution in [1.82, 2.24) is 0 Å². The Bertz CT molecular complexity index is 391. The molecule has 0 spiro atoms. The first-order chi connectivity index (χ1) is 6.37. The van der Waals surface area contributed by atoms with Crippen LogP contribution in [0.25, 0.3) is 0 Å². The maximum Gasteiger partial charge on any atom is 0.338 e. The highest BCUT2D eigenvalue weighted by molar-refractivity contribution is 14.1. The molecule has 76 valence electrons. The maximum atomic E-state index is 10.9. The summed E-state index contributed by atoms with van der Waals surface area (Å²) in [6, 6.07) is 0. The number of hydrogen-bond donors (Lipinski definition) is 3. The van der Waals surface area contributed by atoms with Crippen molar-refractivity contribution in [3.63, 3.8) is 0 Å². The molecule has 14 heavy (non-hydrogen) atoms. The quantitative estimate of drug-likeness (QED) is 0.385. The highest BCUT2D eigenvalue weighted by Gasteiger charge is 2.21. The number of benzene rings is 1. The van der Waals surface area contributed by atoms with Gasteiger partial charge in [0, 0.05) is 0 Å². The lowest BCUT2D eigenvalue weighted by atomic mass is 10.2. The van der Waals surface area contributed by atoms with Crippen molar-refractivity contribution >= 4 is 85.1 Å². The summed E-state index contributed by atoms with van der Waals surface area (Å²) in [6.45, 7) is 0. The summed E-state index contributed by atoms with van der Waals surface area (Å²) in [5.41, 5.74) is 12.5. The van der Waals surface area contributed by atoms with E-state index in [0.29, 0.717) is 22.1 Å². The SMILES string of the molecule is Nc1c(I)c(N)c(I)c(C(=O)O)c1I. The Kier molecular flexibility index (Phi) is 4.08. The van der Waals surface area contributed by atoms with Gasteiger partial charge < -0.3 is 16.6 Å². The number of carboxylic acids is 1. The van der Waals surface area contributed by atoms with Crippen molar-refractivity contribution in [2.24, 2.45) is 0 Å². The van der Waals surface area contributed by atoms with Gasteiger partial charge in [-0.25, -0.2) is 4.79 Å². The summed E-state index contributed by atoms with van der Waals surface area (Å²) < 4.78 is 1.79. The normalized spacial score (nSPS) is 10.2. The van der Waals surface area contributed by atoms with Crippen LogP contribution in [0, 0.1) is 10.7 Å². The van der Waals surface area contributed by atoms with Crippen molar-refractivity contribution in [3.05, 3.63) is 16.3 Å². The molecule has 0 heterocycles. The van der Waals surface area contributed by atoms with Gasteiger partial charge in [-0.2, -0.15) is 0 Å². The Morgan fingerprint density at radius 2 is 1.36 bits per heavy atom. The van der Waals surface area contributed by atoms with E-state index in [-0.39, 0.29) is 5.56 Å². The van der Waals surface area contributed by atoms with Gasteiger partial charge in [0.2, 0.25) is 0 Å². The second-order valence-corrected chi connectivity index (χ2v) is 5.69. The molecule has 0 atom stereocenters. The van der Waals surface area contributed by atoms with Gasteiger partial charge in [-0.1, -0.05) is 0 Å². The first kappa shape index (κ1) is 12.5. The standard InChI is InChI=1S/C7H5I3N2O2/c8-2-1(7(13)14)3(9)6(12)4(10)5(2)11/h11-12H2,(H,13,14). The largest absolute Gasteiger partial charge is 0.478 e. The molecule has 5 N–H and O–H groups in total. The molecule has 0 aliphatic carbocycles. The van der Waals surface area contributed by atoms with Gasteiger partial charge >= 0.3 is 5.97 Å². The van der Waals surface area contributed by atoms with E-state index in [4.69, 9.17) is 16.6 Å². The first-order valence-electron chi connectivity index (χ1n) is 3.32. The fraction of sp³-hybridized carbons (Fsp3) is 0. The maximum absolute atomic E-state index is 10.9. The minimum Gasteiger partial charge on any atom is -0.478 e. The molecule has 0 aliphatic heterocycles. The van der Waals surface area contributed by atoms with Gasteiger partial charge in [-0.05, 0) is 67.8 Å². The van der Waals surface area contributed by atoms with Crippen LogP contribution in [0.2, 0.25) is 0 Å². The summed E-state index contributed by atoms with van der Waals surface area (Å²) in [6.07, 6.45) is 0. The molecule has 1 aromatic carbocycles. The van der Waals surface area contributed by atoms with Crippen molar-refractivity contribution in [2.45, 2.75) is 0 Å². The average molecular weight is 530 g/mol. The number of rotatable bonds is 1. The van der Waals surface area contributed by atoms with Gasteiger partial charge in [0.1, 0.15) is 0 Å². The lowest BCUT2D eigenvalue weighted by Crippen LogP contribution is -2.11. The fourth-order valence-electron chi connectivity index (χ4n) is 0.891. The minimum atomic E-state index is -1.01. The second kappa shape index (κ2) is 4.55. The topological polar surface area (TPSA) is 89.3 Å². The zero-order chi connectivity index (χ0) is 11.0. The molecular weight excluding hydrogens is 525 g/mol. The van der Waals surface area contributed by atoms with Gasteiger partial charge in [-0.15, -0.1) is 0 Å². The predicted molar refractivity (Wildman–Crippen MR) is 80.4 cm³/mol. The lowest BCUT2D eigenvalue weighted by Gasteiger charge is -2.11. The summed E-state index contributed by atoms with van der Waals surface area (Å²) in [4.78, 5) is 10.9. The van der Waals surface area contributed by atoms with Crippen LogP contribution in [0.5, 0.6) is 0 Å². The molecule has 0 bridgehead atoms. The third-order valence-electron chi connectivity index (χ3n) is 1.60. The van der Waals surface area contributed by atoms with Crippen LogP contribution in [0.3, 0.4) is 0 Å². The summed E-state index contributed by atoms with van der Waals surface area (Å²) >= 11 is 5.84. The average Bonchev–Trinajstić information content (AvgIpc) is 2.11. The molecule has 0 radical (unpaired) electrons. The molecule has 0 saturated carbocycles. The van der Waals surface area contributed by atoms with Gasteiger partial charge in [-0.3, -0.25) is 0 Å². The molecule has 0 fully saturated rings. The van der Waals surface area contributed by atoms with E-state index in [9.17, 15) is 4.79 Å². The molecule has 1 rings (SSSR count). The molecule has 0 unspecified atom stereocenters. The molecule has 1 aromatic rings. The van der Waals surface area contributed by atoms with E-state index >= 15 is 0 Å². The number of anilines is 2. The van der Waals surface area contributed by atoms with Crippen LogP contribution in [-0.4, -0.2) is 11.1 Å². The predicted octanol–water partition coefficient (Wildman–Crippen LogP) is 2.36. The van der Waals surface area contributed by atoms with E-state index in [1.54, 1.807) is 0 Å². The molecule has 0 saturated heterocycles. The van der Waals surface area contributed by atoms with Crippen LogP contribution in [0.4, 0.5) is 11.4 Å². The molecule has 7 heteroatoms. The van der Waals surface area contributed by atoms with Crippen LogP contribution < -0.4 is 11.5 Å². The third kappa shape index (κ3) is 2.03. The number of hydrogen-bond acceptors (Lipinski definition) is 3. The number of carboxylic acid groups (broad SMARTS) is 1. The molecular formula is C7H5I3N2O2. The van der Waals surface area contributed by atoms with E-state index in [2.05, 4.69) is 0 Å². The van der Waals surface area contributed by atoms with Crippen LogP contribution >= 0.6 is 67.8 Å². The van der Waals surface area contributed by atoms with Crippen LogP contribution in [0.1, 0.15) is 10.4 Å². The fourth-order valence-corrected chi connectivity index (χ4v) is 4.52. The highest BCUT2D eigenvalue weighted by atomic mass is 127. The smallest absolute Gasteiger partial charge is 0.338 e. The zero-order valence-corrected chi connectivity index (χ0v) is 13.1. The van der Waals surface area contributed by atoms with Crippen LogP contribution in [0.15, 0.2) is 0 Å². The number of aromatic carboxylic acids is 1. The van der Waals surface area contributed by atoms with Crippen molar-refractivity contribution in [2.75, 3.05) is 11.5 Å². The molecule has 0 aromatic heterocycles. The van der Waals surface area contributed by atoms with Gasteiger partial charge in [0.25, 0.3) is 0 Å². The van der Waals surface area contributed by atoms with Crippen molar-refractivity contribution in [3.8, 4) is 0 Å². The first-order valence-corrected chi connectivity index (χ1v) is 6.56. The molecule has 0 aliphatic rings. The Morgan fingerprint density at radius 3 is 1.64 bits per heavy atom.